The predicted molar refractivity (Wildman–Crippen MR) is 76.9 cm³/mol. The molecule has 1 unspecified atom stereocenters. The lowest BCUT2D eigenvalue weighted by molar-refractivity contribution is 0.0929. The Labute approximate surface area is 116 Å². The second kappa shape index (κ2) is 6.19. The van der Waals surface area contributed by atoms with Gasteiger partial charge in [0.2, 0.25) is 0 Å². The summed E-state index contributed by atoms with van der Waals surface area (Å²) in [5.41, 5.74) is 5.74. The fraction of sp³-hybridized carbons (Fsp3) is 0.636. The Bertz CT molecular complexity index is 446. The zero-order valence-corrected chi connectivity index (χ0v) is 12.5. The molecule has 0 aromatic carbocycles. The molecule has 0 radical (unpaired) electrons. The van der Waals surface area contributed by atoms with Crippen molar-refractivity contribution in [3.05, 3.63) is 10.6 Å². The van der Waals surface area contributed by atoms with Crippen molar-refractivity contribution in [1.29, 1.82) is 0 Å². The van der Waals surface area contributed by atoms with Crippen LogP contribution in [0.4, 0.5) is 0 Å². The highest BCUT2D eigenvalue weighted by molar-refractivity contribution is 7.80. The molecule has 5 nitrogen and oxygen atoms in total. The van der Waals surface area contributed by atoms with Crippen molar-refractivity contribution in [2.45, 2.75) is 45.6 Å². The van der Waals surface area contributed by atoms with Gasteiger partial charge in [-0.2, -0.15) is 0 Å². The van der Waals surface area contributed by atoms with E-state index in [0.717, 1.165) is 30.1 Å². The van der Waals surface area contributed by atoms with Crippen molar-refractivity contribution in [3.63, 3.8) is 0 Å². The highest BCUT2D eigenvalue weighted by Crippen LogP contribution is 2.16. The van der Waals surface area contributed by atoms with Crippen molar-refractivity contribution in [1.82, 2.24) is 14.9 Å². The molecule has 0 aliphatic heterocycles. The molecule has 1 heterocycles. The van der Waals surface area contributed by atoms with Crippen molar-refractivity contribution < 1.29 is 4.79 Å². The molecule has 1 amide bonds. The second-order valence-electron chi connectivity index (χ2n) is 4.30. The minimum atomic E-state index is -0.667. The zero-order valence-electron chi connectivity index (χ0n) is 10.8. The fourth-order valence-corrected chi connectivity index (χ4v) is 2.21. The lowest BCUT2D eigenvalue weighted by Gasteiger charge is -2.28. The number of hydrogen-bond donors (Lipinski definition) is 2. The zero-order chi connectivity index (χ0) is 13.8. The number of carbonyl (C=O) groups is 1. The van der Waals surface area contributed by atoms with Crippen LogP contribution in [0, 0.1) is 0 Å². The first kappa shape index (κ1) is 15.0. The summed E-state index contributed by atoms with van der Waals surface area (Å²) in [7, 11) is 0. The molecule has 0 saturated heterocycles. The Kier molecular flexibility index (Phi) is 5.15. The van der Waals surface area contributed by atoms with Crippen LogP contribution in [0.5, 0.6) is 0 Å². The van der Waals surface area contributed by atoms with Crippen LogP contribution < -0.4 is 11.1 Å². The van der Waals surface area contributed by atoms with Gasteiger partial charge < -0.3 is 11.1 Å². The molecule has 0 aliphatic rings. The van der Waals surface area contributed by atoms with Gasteiger partial charge in [0.1, 0.15) is 4.88 Å². The van der Waals surface area contributed by atoms with E-state index < -0.39 is 5.54 Å². The number of rotatable bonds is 6. The van der Waals surface area contributed by atoms with Crippen LogP contribution in [0.1, 0.15) is 49.0 Å². The normalized spacial score (nSPS) is 13.9. The number of thiocarbonyl (C=S) groups is 1. The fourth-order valence-electron chi connectivity index (χ4n) is 1.41. The van der Waals surface area contributed by atoms with Gasteiger partial charge in [-0.25, -0.2) is 0 Å². The van der Waals surface area contributed by atoms with E-state index in [1.165, 1.54) is 0 Å². The van der Waals surface area contributed by atoms with E-state index in [1.54, 1.807) is 0 Å². The molecule has 1 aromatic heterocycles. The molecule has 0 fully saturated rings. The molecular formula is C11H18N4OS2. The number of hydrogen-bond acceptors (Lipinski definition) is 5. The van der Waals surface area contributed by atoms with E-state index in [0.29, 0.717) is 11.3 Å². The summed E-state index contributed by atoms with van der Waals surface area (Å²) in [4.78, 5) is 13.0. The summed E-state index contributed by atoms with van der Waals surface area (Å²) >= 11 is 6.10. The lowest BCUT2D eigenvalue weighted by atomic mass is 9.99. The Hall–Kier alpha value is -1.08. The quantitative estimate of drug-likeness (QED) is 0.778. The summed E-state index contributed by atoms with van der Waals surface area (Å²) < 4.78 is 3.83. The first-order valence-electron chi connectivity index (χ1n) is 5.88. The average molecular weight is 286 g/mol. The number of aromatic nitrogens is 2. The lowest BCUT2D eigenvalue weighted by Crippen LogP contribution is -2.54. The van der Waals surface area contributed by atoms with Crippen LogP contribution in [0.3, 0.4) is 0 Å². The van der Waals surface area contributed by atoms with Gasteiger partial charge in [-0.1, -0.05) is 37.0 Å². The summed E-state index contributed by atoms with van der Waals surface area (Å²) in [6.45, 7) is 5.78. The highest BCUT2D eigenvalue weighted by atomic mass is 32.1. The smallest absolute Gasteiger partial charge is 0.265 e. The number of nitrogens with two attached hydrogens (primary N) is 1. The van der Waals surface area contributed by atoms with Crippen molar-refractivity contribution >= 4 is 34.6 Å². The maximum Gasteiger partial charge on any atom is 0.265 e. The van der Waals surface area contributed by atoms with E-state index in [-0.39, 0.29) is 10.9 Å². The van der Waals surface area contributed by atoms with E-state index in [4.69, 9.17) is 18.0 Å². The summed E-state index contributed by atoms with van der Waals surface area (Å²) in [6, 6.07) is 0. The molecule has 100 valence electrons. The van der Waals surface area contributed by atoms with E-state index >= 15 is 0 Å². The molecule has 1 rings (SSSR count). The summed E-state index contributed by atoms with van der Waals surface area (Å²) in [5.74, 6) is -0.203. The van der Waals surface area contributed by atoms with Gasteiger partial charge in [-0.15, -0.1) is 5.10 Å². The molecule has 0 bridgehead atoms. The maximum atomic E-state index is 12.2. The Morgan fingerprint density at radius 2 is 2.22 bits per heavy atom. The predicted octanol–water partition coefficient (Wildman–Crippen LogP) is 1.68. The number of nitrogens with zero attached hydrogens (tertiary/aromatic N) is 2. The minimum Gasteiger partial charge on any atom is -0.391 e. The Morgan fingerprint density at radius 3 is 2.72 bits per heavy atom. The minimum absolute atomic E-state index is 0.203. The van der Waals surface area contributed by atoms with Gasteiger partial charge in [0, 0.05) is 0 Å². The molecule has 1 aromatic rings. The van der Waals surface area contributed by atoms with Gasteiger partial charge in [-0.3, -0.25) is 4.79 Å². The van der Waals surface area contributed by atoms with Gasteiger partial charge in [0.05, 0.1) is 16.2 Å². The van der Waals surface area contributed by atoms with Crippen molar-refractivity contribution in [2.75, 3.05) is 0 Å². The molecular weight excluding hydrogens is 268 g/mol. The van der Waals surface area contributed by atoms with Crippen molar-refractivity contribution in [2.24, 2.45) is 5.73 Å². The number of aryl methyl sites for hydroxylation is 1. The van der Waals surface area contributed by atoms with Crippen LogP contribution in [-0.4, -0.2) is 26.0 Å². The highest BCUT2D eigenvalue weighted by Gasteiger charge is 2.29. The number of carbonyl (C=O) groups excluding carboxylic acids is 1. The van der Waals surface area contributed by atoms with Crippen LogP contribution in [0.15, 0.2) is 0 Å². The van der Waals surface area contributed by atoms with E-state index in [1.807, 2.05) is 20.8 Å². The largest absolute Gasteiger partial charge is 0.391 e. The molecule has 7 heteroatoms. The molecule has 0 aliphatic carbocycles. The molecule has 0 spiro atoms. The molecule has 0 saturated carbocycles. The summed E-state index contributed by atoms with van der Waals surface area (Å²) in [5, 5.41) is 6.84. The van der Waals surface area contributed by atoms with Gasteiger partial charge in [0.25, 0.3) is 5.91 Å². The van der Waals surface area contributed by atoms with Crippen molar-refractivity contribution in [3.8, 4) is 0 Å². The third kappa shape index (κ3) is 3.23. The molecule has 3 N–H and O–H groups in total. The van der Waals surface area contributed by atoms with Gasteiger partial charge in [0.15, 0.2) is 0 Å². The second-order valence-corrected chi connectivity index (χ2v) is 5.50. The SMILES string of the molecule is CCCc1nnsc1C(=O)NC(C)(CC)C(N)=S. The van der Waals surface area contributed by atoms with Crippen LogP contribution in [0.25, 0.3) is 0 Å². The Morgan fingerprint density at radius 1 is 1.56 bits per heavy atom. The van der Waals surface area contributed by atoms with Gasteiger partial charge >= 0.3 is 0 Å². The summed E-state index contributed by atoms with van der Waals surface area (Å²) in [6.07, 6.45) is 2.31. The molecule has 1 atom stereocenters. The topological polar surface area (TPSA) is 80.9 Å². The first-order chi connectivity index (χ1) is 8.44. The Balaban J connectivity index is 2.88. The standard InChI is InChI=1S/C11H18N4OS2/c1-4-6-7-8(18-15-14-7)9(16)13-11(3,5-2)10(12)17/h4-6H2,1-3H3,(H2,12,17)(H,13,16). The van der Waals surface area contributed by atoms with Crippen LogP contribution in [-0.2, 0) is 6.42 Å². The van der Waals surface area contributed by atoms with Crippen LogP contribution >= 0.6 is 23.8 Å². The van der Waals surface area contributed by atoms with E-state index in [2.05, 4.69) is 14.9 Å². The third-order valence-corrected chi connectivity index (χ3v) is 4.11. The molecule has 18 heavy (non-hydrogen) atoms. The van der Waals surface area contributed by atoms with Crippen LogP contribution in [0.2, 0.25) is 0 Å². The maximum absolute atomic E-state index is 12.2. The first-order valence-corrected chi connectivity index (χ1v) is 7.06. The number of amides is 1. The third-order valence-electron chi connectivity index (χ3n) is 2.89. The monoisotopic (exact) mass is 286 g/mol. The average Bonchev–Trinajstić information content (AvgIpc) is 2.77. The van der Waals surface area contributed by atoms with Gasteiger partial charge in [-0.05, 0) is 31.3 Å². The number of nitrogens with one attached hydrogen (secondary N) is 1. The van der Waals surface area contributed by atoms with E-state index in [9.17, 15) is 4.79 Å².